The van der Waals surface area contributed by atoms with E-state index in [1.807, 2.05) is 13.8 Å². The van der Waals surface area contributed by atoms with Gasteiger partial charge < -0.3 is 11.1 Å². The summed E-state index contributed by atoms with van der Waals surface area (Å²) in [5.41, 5.74) is 5.22. The topological polar surface area (TPSA) is 61.9 Å². The van der Waals surface area contributed by atoms with Gasteiger partial charge in [-0.25, -0.2) is 0 Å². The number of amidine groups is 1. The molecule has 9 heavy (non-hydrogen) atoms. The molecule has 1 unspecified atom stereocenters. The van der Waals surface area contributed by atoms with Crippen molar-refractivity contribution in [1.29, 1.82) is 5.41 Å². The van der Waals surface area contributed by atoms with E-state index in [2.05, 4.69) is 5.32 Å². The summed E-state index contributed by atoms with van der Waals surface area (Å²) in [5.74, 6) is 0.431. The van der Waals surface area contributed by atoms with Gasteiger partial charge in [0.2, 0.25) is 0 Å². The minimum atomic E-state index is 0.171. The van der Waals surface area contributed by atoms with Gasteiger partial charge in [0, 0.05) is 12.5 Å². The van der Waals surface area contributed by atoms with E-state index in [0.29, 0.717) is 0 Å². The van der Waals surface area contributed by atoms with Crippen molar-refractivity contribution in [3.05, 3.63) is 0 Å². The lowest BCUT2D eigenvalue weighted by Crippen LogP contribution is -2.30. The summed E-state index contributed by atoms with van der Waals surface area (Å²) in [6, 6.07) is 0. The molecule has 3 heteroatoms. The number of nitrogens with two attached hydrogens (primary N) is 1. The van der Waals surface area contributed by atoms with Gasteiger partial charge in [0.1, 0.15) is 0 Å². The summed E-state index contributed by atoms with van der Waals surface area (Å²) in [4.78, 5) is 0. The van der Waals surface area contributed by atoms with Gasteiger partial charge in [-0.15, -0.1) is 0 Å². The van der Waals surface area contributed by atoms with E-state index in [1.54, 1.807) is 0 Å². The molecule has 0 amide bonds. The second-order valence-electron chi connectivity index (χ2n) is 2.16. The van der Waals surface area contributed by atoms with Gasteiger partial charge in [-0.1, -0.05) is 13.8 Å². The molecule has 0 saturated heterocycles. The average molecular weight is 129 g/mol. The Morgan fingerprint density at radius 2 is 2.33 bits per heavy atom. The second kappa shape index (κ2) is 4.32. The molecule has 0 aromatic carbocycles. The standard InChI is InChI=1S/C6H15N3/c1-3-9-4-5(2)6(7)8/h5,9H,3-4H2,1-2H3,(H3,7,8). The van der Waals surface area contributed by atoms with Crippen LogP contribution in [0.1, 0.15) is 13.8 Å². The lowest BCUT2D eigenvalue weighted by Gasteiger charge is -2.08. The van der Waals surface area contributed by atoms with Crippen molar-refractivity contribution in [2.45, 2.75) is 13.8 Å². The van der Waals surface area contributed by atoms with Gasteiger partial charge in [-0.05, 0) is 6.54 Å². The third kappa shape index (κ3) is 3.97. The van der Waals surface area contributed by atoms with Gasteiger partial charge in [-0.2, -0.15) is 0 Å². The Bertz CT molecular complexity index is 90.3. The largest absolute Gasteiger partial charge is 0.387 e. The van der Waals surface area contributed by atoms with Gasteiger partial charge in [0.25, 0.3) is 0 Å². The zero-order valence-corrected chi connectivity index (χ0v) is 6.07. The third-order valence-electron chi connectivity index (χ3n) is 1.23. The maximum atomic E-state index is 7.02. The maximum Gasteiger partial charge on any atom is 0.0947 e. The zero-order chi connectivity index (χ0) is 7.28. The molecule has 0 spiro atoms. The van der Waals surface area contributed by atoms with Crippen molar-refractivity contribution in [3.8, 4) is 0 Å². The Balaban J connectivity index is 3.27. The molecule has 54 valence electrons. The van der Waals surface area contributed by atoms with Gasteiger partial charge in [-0.3, -0.25) is 5.41 Å². The Kier molecular flexibility index (Phi) is 4.05. The average Bonchev–Trinajstić information content (AvgIpc) is 1.82. The highest BCUT2D eigenvalue weighted by molar-refractivity contribution is 5.79. The van der Waals surface area contributed by atoms with Gasteiger partial charge in [0.05, 0.1) is 5.84 Å². The molecule has 0 aromatic heterocycles. The summed E-state index contributed by atoms with van der Waals surface area (Å²) in [6.07, 6.45) is 0. The molecule has 3 nitrogen and oxygen atoms in total. The molecule has 0 aliphatic carbocycles. The van der Waals surface area contributed by atoms with Crippen LogP contribution < -0.4 is 11.1 Å². The molecule has 0 bridgehead atoms. The molecule has 0 aliphatic heterocycles. The van der Waals surface area contributed by atoms with Gasteiger partial charge in [0.15, 0.2) is 0 Å². The van der Waals surface area contributed by atoms with E-state index in [1.165, 1.54) is 0 Å². The SMILES string of the molecule is CCNCC(C)C(=N)N. The van der Waals surface area contributed by atoms with Crippen LogP contribution in [0.15, 0.2) is 0 Å². The molecular weight excluding hydrogens is 114 g/mol. The summed E-state index contributed by atoms with van der Waals surface area (Å²) in [7, 11) is 0. The van der Waals surface area contributed by atoms with Crippen LogP contribution in [0.5, 0.6) is 0 Å². The predicted molar refractivity (Wildman–Crippen MR) is 39.6 cm³/mol. The van der Waals surface area contributed by atoms with Crippen molar-refractivity contribution in [1.82, 2.24) is 5.32 Å². The Hall–Kier alpha value is -0.570. The summed E-state index contributed by atoms with van der Waals surface area (Å²) in [6.45, 7) is 5.72. The van der Waals surface area contributed by atoms with Crippen molar-refractivity contribution in [2.24, 2.45) is 11.7 Å². The van der Waals surface area contributed by atoms with Crippen LogP contribution in [0.4, 0.5) is 0 Å². The van der Waals surface area contributed by atoms with Crippen LogP contribution in [-0.4, -0.2) is 18.9 Å². The number of hydrogen-bond donors (Lipinski definition) is 3. The van der Waals surface area contributed by atoms with E-state index in [-0.39, 0.29) is 11.8 Å². The lowest BCUT2D eigenvalue weighted by molar-refractivity contribution is 0.630. The fraction of sp³-hybridized carbons (Fsp3) is 0.833. The molecule has 0 aliphatic rings. The molecular formula is C6H15N3. The molecule has 0 saturated carbocycles. The summed E-state index contributed by atoms with van der Waals surface area (Å²) in [5, 5.41) is 10.1. The minimum absolute atomic E-state index is 0.171. The van der Waals surface area contributed by atoms with Crippen LogP contribution >= 0.6 is 0 Å². The van der Waals surface area contributed by atoms with Crippen molar-refractivity contribution < 1.29 is 0 Å². The smallest absolute Gasteiger partial charge is 0.0947 e. The first-order valence-electron chi connectivity index (χ1n) is 3.23. The minimum Gasteiger partial charge on any atom is -0.387 e. The maximum absolute atomic E-state index is 7.02. The van der Waals surface area contributed by atoms with E-state index in [9.17, 15) is 0 Å². The molecule has 0 aromatic rings. The highest BCUT2D eigenvalue weighted by atomic mass is 14.9. The van der Waals surface area contributed by atoms with E-state index in [0.717, 1.165) is 13.1 Å². The molecule has 4 N–H and O–H groups in total. The van der Waals surface area contributed by atoms with Gasteiger partial charge >= 0.3 is 0 Å². The Morgan fingerprint density at radius 1 is 1.78 bits per heavy atom. The molecule has 0 heterocycles. The number of nitrogens with one attached hydrogen (secondary N) is 2. The first-order chi connectivity index (χ1) is 4.18. The Labute approximate surface area is 56.1 Å². The first kappa shape index (κ1) is 8.43. The fourth-order valence-corrected chi connectivity index (χ4v) is 0.471. The number of hydrogen-bond acceptors (Lipinski definition) is 2. The monoisotopic (exact) mass is 129 g/mol. The van der Waals surface area contributed by atoms with Crippen molar-refractivity contribution in [2.75, 3.05) is 13.1 Å². The quantitative estimate of drug-likeness (QED) is 0.374. The predicted octanol–water partition coefficient (Wildman–Crippen LogP) is 0.168. The molecule has 0 rings (SSSR count). The van der Waals surface area contributed by atoms with Crippen molar-refractivity contribution in [3.63, 3.8) is 0 Å². The van der Waals surface area contributed by atoms with Crippen molar-refractivity contribution >= 4 is 5.84 Å². The summed E-state index contributed by atoms with van der Waals surface area (Å²) >= 11 is 0. The highest BCUT2D eigenvalue weighted by Crippen LogP contribution is 1.88. The van der Waals surface area contributed by atoms with E-state index in [4.69, 9.17) is 11.1 Å². The zero-order valence-electron chi connectivity index (χ0n) is 6.07. The van der Waals surface area contributed by atoms with Crippen LogP contribution in [-0.2, 0) is 0 Å². The normalized spacial score (nSPS) is 13.1. The van der Waals surface area contributed by atoms with E-state index >= 15 is 0 Å². The summed E-state index contributed by atoms with van der Waals surface area (Å²) < 4.78 is 0. The fourth-order valence-electron chi connectivity index (χ4n) is 0.471. The molecule has 0 radical (unpaired) electrons. The third-order valence-corrected chi connectivity index (χ3v) is 1.23. The Morgan fingerprint density at radius 3 is 2.67 bits per heavy atom. The van der Waals surface area contributed by atoms with Crippen LogP contribution in [0.3, 0.4) is 0 Å². The number of rotatable bonds is 4. The van der Waals surface area contributed by atoms with E-state index < -0.39 is 0 Å². The lowest BCUT2D eigenvalue weighted by atomic mass is 10.1. The van der Waals surface area contributed by atoms with Crippen LogP contribution in [0.2, 0.25) is 0 Å². The highest BCUT2D eigenvalue weighted by Gasteiger charge is 2.01. The first-order valence-corrected chi connectivity index (χ1v) is 3.23. The van der Waals surface area contributed by atoms with Crippen LogP contribution in [0.25, 0.3) is 0 Å². The second-order valence-corrected chi connectivity index (χ2v) is 2.16. The molecule has 0 fully saturated rings. The molecule has 1 atom stereocenters. The van der Waals surface area contributed by atoms with Crippen LogP contribution in [0, 0.1) is 11.3 Å².